The summed E-state index contributed by atoms with van der Waals surface area (Å²) in [5.41, 5.74) is 4.27. The van der Waals surface area contributed by atoms with Crippen LogP contribution in [-0.2, 0) is 12.8 Å². The quantitative estimate of drug-likeness (QED) is 0.231. The molecular weight excluding hydrogens is 674 g/mol. The molecule has 0 amide bonds. The molecule has 2 aromatic rings. The molecule has 0 atom stereocenters. The van der Waals surface area contributed by atoms with Crippen LogP contribution >= 0.6 is 78.3 Å². The first-order chi connectivity index (χ1) is 17.2. The predicted molar refractivity (Wildman–Crippen MR) is 167 cm³/mol. The molecule has 4 nitrogen and oxygen atoms in total. The lowest BCUT2D eigenvalue weighted by Gasteiger charge is -2.13. The van der Waals surface area contributed by atoms with Crippen LogP contribution in [0.15, 0.2) is 44.3 Å². The van der Waals surface area contributed by atoms with Crippen molar-refractivity contribution in [3.05, 3.63) is 65.5 Å². The van der Waals surface area contributed by atoms with E-state index >= 15 is 0 Å². The van der Waals surface area contributed by atoms with Gasteiger partial charge in [-0.25, -0.2) is 0 Å². The second kappa shape index (κ2) is 18.5. The summed E-state index contributed by atoms with van der Waals surface area (Å²) in [5.74, 6) is 1.51. The summed E-state index contributed by atoms with van der Waals surface area (Å²) in [7, 11) is 3.74. The average molecular weight is 706 g/mol. The second-order valence-electron chi connectivity index (χ2n) is 7.49. The first-order valence-corrected chi connectivity index (χ1v) is 14.5. The molecule has 0 aliphatic carbocycles. The fourth-order valence-corrected chi connectivity index (χ4v) is 4.37. The van der Waals surface area contributed by atoms with Crippen LogP contribution in [0.25, 0.3) is 0 Å². The van der Waals surface area contributed by atoms with Gasteiger partial charge in [-0.05, 0) is 80.1 Å². The van der Waals surface area contributed by atoms with Crippen molar-refractivity contribution in [3.8, 4) is 11.5 Å². The number of hydrogen-bond donors (Lipinski definition) is 2. The van der Waals surface area contributed by atoms with Crippen LogP contribution in [0, 0.1) is 0 Å². The van der Waals surface area contributed by atoms with Gasteiger partial charge in [0.1, 0.15) is 29.2 Å². The molecule has 0 saturated heterocycles. The van der Waals surface area contributed by atoms with Crippen LogP contribution in [0.3, 0.4) is 0 Å². The summed E-state index contributed by atoms with van der Waals surface area (Å²) in [4.78, 5) is 0. The fourth-order valence-electron chi connectivity index (χ4n) is 3.33. The van der Waals surface area contributed by atoms with Gasteiger partial charge in [-0.1, -0.05) is 73.1 Å². The Labute approximate surface area is 251 Å². The minimum Gasteiger partial charge on any atom is -0.489 e. The second-order valence-corrected chi connectivity index (χ2v) is 12.1. The van der Waals surface area contributed by atoms with Crippen molar-refractivity contribution in [1.82, 2.24) is 0 Å². The number of anilines is 2. The number of hydrogen-bond acceptors (Lipinski definition) is 4. The van der Waals surface area contributed by atoms with Gasteiger partial charge in [-0.2, -0.15) is 0 Å². The van der Waals surface area contributed by atoms with Crippen molar-refractivity contribution in [2.45, 2.75) is 39.5 Å². The normalized spacial score (nSPS) is 10.1. The van der Waals surface area contributed by atoms with Gasteiger partial charge < -0.3 is 20.1 Å². The highest BCUT2D eigenvalue weighted by molar-refractivity contribution is 9.28. The summed E-state index contributed by atoms with van der Waals surface area (Å²) >= 11 is 30.0. The lowest BCUT2D eigenvalue weighted by atomic mass is 10.1. The van der Waals surface area contributed by atoms with E-state index in [4.69, 9.17) is 55.9 Å². The zero-order chi connectivity index (χ0) is 27.1. The van der Waals surface area contributed by atoms with Crippen LogP contribution in [0.4, 0.5) is 11.4 Å². The largest absolute Gasteiger partial charge is 0.489 e. The number of rotatable bonds is 12. The summed E-state index contributed by atoms with van der Waals surface area (Å²) in [5, 5.41) is 7.59. The number of nitrogens with one attached hydrogen (secondary N) is 2. The van der Waals surface area contributed by atoms with E-state index in [1.165, 1.54) is 5.56 Å². The molecule has 10 heteroatoms. The maximum atomic E-state index is 6.24. The third kappa shape index (κ3) is 12.2. The van der Waals surface area contributed by atoms with Crippen molar-refractivity contribution in [2.24, 2.45) is 0 Å². The molecule has 0 saturated carbocycles. The van der Waals surface area contributed by atoms with Gasteiger partial charge in [0, 0.05) is 26.2 Å². The van der Waals surface area contributed by atoms with Crippen LogP contribution in [-0.4, -0.2) is 27.3 Å². The smallest absolute Gasteiger partial charge is 0.121 e. The van der Waals surface area contributed by atoms with E-state index in [0.29, 0.717) is 29.0 Å². The molecule has 36 heavy (non-hydrogen) atoms. The molecule has 0 aliphatic rings. The van der Waals surface area contributed by atoms with Crippen molar-refractivity contribution in [2.75, 3.05) is 37.9 Å². The minimum atomic E-state index is 0.196. The Morgan fingerprint density at radius 3 is 1.53 bits per heavy atom. The van der Waals surface area contributed by atoms with E-state index in [2.05, 4.69) is 56.3 Å². The van der Waals surface area contributed by atoms with Crippen LogP contribution in [0.2, 0.25) is 10.0 Å². The van der Waals surface area contributed by atoms with E-state index in [-0.39, 0.29) is 4.49 Å². The van der Waals surface area contributed by atoms with E-state index in [9.17, 15) is 0 Å². The Hall–Kier alpha value is -0.760. The number of ether oxygens (including phenoxy) is 2. The zero-order valence-corrected chi connectivity index (χ0v) is 27.0. The summed E-state index contributed by atoms with van der Waals surface area (Å²) in [6, 6.07) is 7.64. The highest BCUT2D eigenvalue weighted by Crippen LogP contribution is 2.33. The first-order valence-electron chi connectivity index (χ1n) is 11.4. The summed E-state index contributed by atoms with van der Waals surface area (Å²) < 4.78 is 12.2. The van der Waals surface area contributed by atoms with Gasteiger partial charge in [-0.15, -0.1) is 0 Å². The minimum absolute atomic E-state index is 0.196. The van der Waals surface area contributed by atoms with Gasteiger partial charge in [0.15, 0.2) is 0 Å². The maximum absolute atomic E-state index is 6.24. The first kappa shape index (κ1) is 33.3. The third-order valence-corrected chi connectivity index (χ3v) is 6.36. The molecule has 0 aliphatic heterocycles. The van der Waals surface area contributed by atoms with E-state index in [0.717, 1.165) is 51.8 Å². The van der Waals surface area contributed by atoms with Gasteiger partial charge >= 0.3 is 0 Å². The van der Waals surface area contributed by atoms with Gasteiger partial charge in [0.05, 0.1) is 24.8 Å². The molecule has 2 rings (SSSR count). The van der Waals surface area contributed by atoms with E-state index in [1.807, 2.05) is 38.4 Å². The standard InChI is InChI=1S/C13H16Br2ClNO.C13H16Cl3NO/c1-3-4-9-7-10(18-6-5-12(14)15)8-11(16)13(9)17-2;1-3-4-9-7-10(18-6-5-12(15)16)8-11(14)13(9)17-2/h2*5,7-8,17H,3-4,6H2,1-2H3. The molecule has 0 spiro atoms. The lowest BCUT2D eigenvalue weighted by molar-refractivity contribution is 0.362. The predicted octanol–water partition coefficient (Wildman–Crippen LogP) is 10.4. The van der Waals surface area contributed by atoms with Gasteiger partial charge in [0.2, 0.25) is 0 Å². The molecular formula is C26H32Br2Cl4N2O2. The maximum Gasteiger partial charge on any atom is 0.121 e. The molecule has 0 fully saturated rings. The SMILES string of the molecule is CCCc1cc(OCC=C(Br)Br)cc(Cl)c1NC.CCCc1cc(OCC=C(Cl)Cl)cc(Cl)c1NC. The van der Waals surface area contributed by atoms with Crippen molar-refractivity contribution in [3.63, 3.8) is 0 Å². The summed E-state index contributed by atoms with van der Waals surface area (Å²) in [6.45, 7) is 5.08. The molecule has 0 bridgehead atoms. The highest BCUT2D eigenvalue weighted by atomic mass is 79.9. The lowest BCUT2D eigenvalue weighted by Crippen LogP contribution is -2.00. The molecule has 0 unspecified atom stereocenters. The number of halogens is 6. The monoisotopic (exact) mass is 702 g/mol. The van der Waals surface area contributed by atoms with E-state index < -0.39 is 0 Å². The highest BCUT2D eigenvalue weighted by Gasteiger charge is 2.09. The van der Waals surface area contributed by atoms with Crippen molar-refractivity contribution < 1.29 is 9.47 Å². The molecule has 2 N–H and O–H groups in total. The Morgan fingerprint density at radius 2 is 1.19 bits per heavy atom. The Bertz CT molecular complexity index is 944. The van der Waals surface area contributed by atoms with Crippen molar-refractivity contribution >= 4 is 89.6 Å². The fraction of sp³-hybridized carbons (Fsp3) is 0.385. The molecule has 0 aromatic heterocycles. The Kier molecular flexibility index (Phi) is 17.1. The molecule has 200 valence electrons. The van der Waals surface area contributed by atoms with Crippen LogP contribution in [0.5, 0.6) is 11.5 Å². The van der Waals surface area contributed by atoms with E-state index in [1.54, 1.807) is 12.1 Å². The van der Waals surface area contributed by atoms with Crippen LogP contribution < -0.4 is 20.1 Å². The van der Waals surface area contributed by atoms with Gasteiger partial charge in [-0.3, -0.25) is 0 Å². The number of aryl methyl sites for hydroxylation is 2. The third-order valence-electron chi connectivity index (χ3n) is 4.80. The molecule has 0 heterocycles. The van der Waals surface area contributed by atoms with Gasteiger partial charge in [0.25, 0.3) is 0 Å². The topological polar surface area (TPSA) is 42.5 Å². The zero-order valence-electron chi connectivity index (χ0n) is 20.8. The molecule has 2 aromatic carbocycles. The molecule has 0 radical (unpaired) electrons. The summed E-state index contributed by atoms with van der Waals surface area (Å²) in [6.07, 6.45) is 7.51. The Morgan fingerprint density at radius 1 is 0.778 bits per heavy atom. The average Bonchev–Trinajstić information content (AvgIpc) is 2.79. The number of benzene rings is 2. The Balaban J connectivity index is 0.000000360. The van der Waals surface area contributed by atoms with Crippen LogP contribution in [0.1, 0.15) is 37.8 Å². The van der Waals surface area contributed by atoms with Crippen molar-refractivity contribution in [1.29, 1.82) is 0 Å².